The zero-order valence-electron chi connectivity index (χ0n) is 6.21. The Hall–Kier alpha value is -0.940. The third kappa shape index (κ3) is 1.57. The van der Waals surface area contributed by atoms with Gasteiger partial charge in [0, 0.05) is 10.7 Å². The van der Waals surface area contributed by atoms with Crippen LogP contribution in [0.2, 0.25) is 5.15 Å². The van der Waals surface area contributed by atoms with Crippen LogP contribution in [0.15, 0.2) is 21.5 Å². The fourth-order valence-electron chi connectivity index (χ4n) is 0.926. The molecule has 4 nitrogen and oxygen atoms in total. The number of pyridine rings is 1. The Bertz CT molecular complexity index is 525. The number of halogens is 2. The third-order valence-corrected chi connectivity index (χ3v) is 2.16. The average molecular weight is 260 g/mol. The summed E-state index contributed by atoms with van der Waals surface area (Å²) in [6.45, 7) is 0. The average Bonchev–Trinajstić information content (AvgIpc) is 2.08. The van der Waals surface area contributed by atoms with Gasteiger partial charge < -0.3 is 4.98 Å². The molecular formula is C7H3BrClN3O. The number of hydrogen-bond donors (Lipinski definition) is 1. The van der Waals surface area contributed by atoms with E-state index < -0.39 is 5.56 Å². The number of fused-ring (bicyclic) bond motifs is 1. The number of H-pyrrole nitrogens is 1. The van der Waals surface area contributed by atoms with Crippen LogP contribution in [0.1, 0.15) is 0 Å². The first-order valence-corrected chi connectivity index (χ1v) is 4.55. The van der Waals surface area contributed by atoms with E-state index in [9.17, 15) is 4.79 Å². The highest BCUT2D eigenvalue weighted by molar-refractivity contribution is 9.10. The topological polar surface area (TPSA) is 58.6 Å². The molecule has 0 radical (unpaired) electrons. The molecule has 13 heavy (non-hydrogen) atoms. The van der Waals surface area contributed by atoms with E-state index >= 15 is 0 Å². The van der Waals surface area contributed by atoms with Crippen LogP contribution >= 0.6 is 27.5 Å². The molecular weight excluding hydrogens is 257 g/mol. The van der Waals surface area contributed by atoms with E-state index in [2.05, 4.69) is 30.9 Å². The molecule has 0 fully saturated rings. The number of rotatable bonds is 0. The highest BCUT2D eigenvalue weighted by atomic mass is 79.9. The monoisotopic (exact) mass is 259 g/mol. The van der Waals surface area contributed by atoms with Crippen molar-refractivity contribution in [3.05, 3.63) is 32.2 Å². The quantitative estimate of drug-likeness (QED) is 0.785. The highest BCUT2D eigenvalue weighted by Gasteiger charge is 2.02. The zero-order chi connectivity index (χ0) is 9.42. The second kappa shape index (κ2) is 3.08. The van der Waals surface area contributed by atoms with E-state index in [1.54, 1.807) is 12.3 Å². The third-order valence-electron chi connectivity index (χ3n) is 1.47. The fourth-order valence-corrected chi connectivity index (χ4v) is 1.38. The molecule has 0 unspecified atom stereocenters. The fraction of sp³-hybridized carbons (Fsp3) is 0. The van der Waals surface area contributed by atoms with Crippen LogP contribution in [0, 0.1) is 0 Å². The number of aromatic amines is 1. The number of nitrogens with zero attached hydrogens (tertiary/aromatic N) is 2. The maximum absolute atomic E-state index is 11.0. The summed E-state index contributed by atoms with van der Waals surface area (Å²) in [6.07, 6.45) is 1.58. The number of aromatic nitrogens is 3. The molecule has 0 aliphatic carbocycles. The van der Waals surface area contributed by atoms with Gasteiger partial charge in [0.2, 0.25) is 0 Å². The minimum Gasteiger partial charge on any atom is -0.303 e. The molecule has 6 heteroatoms. The number of hydrogen-bond acceptors (Lipinski definition) is 3. The maximum atomic E-state index is 11.0. The van der Waals surface area contributed by atoms with Crippen molar-refractivity contribution in [3.8, 4) is 0 Å². The standard InChI is InChI=1S/C7H3BrClN3O/c8-3-1-4-6(10-2-3)12-7(13)5(9)11-4/h1-2H,(H,10,12,13). The molecule has 0 atom stereocenters. The van der Waals surface area contributed by atoms with E-state index in [4.69, 9.17) is 11.6 Å². The second-order valence-electron chi connectivity index (χ2n) is 2.38. The first-order chi connectivity index (χ1) is 6.16. The summed E-state index contributed by atoms with van der Waals surface area (Å²) in [6, 6.07) is 1.73. The van der Waals surface area contributed by atoms with E-state index in [0.717, 1.165) is 4.47 Å². The van der Waals surface area contributed by atoms with Gasteiger partial charge in [-0.2, -0.15) is 0 Å². The Morgan fingerprint density at radius 3 is 3.08 bits per heavy atom. The summed E-state index contributed by atoms with van der Waals surface area (Å²) in [5.41, 5.74) is 0.556. The molecule has 0 aromatic carbocycles. The lowest BCUT2D eigenvalue weighted by molar-refractivity contribution is 1.16. The van der Waals surface area contributed by atoms with Crippen molar-refractivity contribution in [2.75, 3.05) is 0 Å². The van der Waals surface area contributed by atoms with Crippen molar-refractivity contribution in [1.82, 2.24) is 15.0 Å². The predicted octanol–water partition coefficient (Wildman–Crippen LogP) is 1.73. The van der Waals surface area contributed by atoms with E-state index in [1.165, 1.54) is 0 Å². The van der Waals surface area contributed by atoms with Crippen LogP contribution in [-0.2, 0) is 0 Å². The first kappa shape index (κ1) is 8.65. The smallest absolute Gasteiger partial charge is 0.287 e. The summed E-state index contributed by atoms with van der Waals surface area (Å²) in [7, 11) is 0. The van der Waals surface area contributed by atoms with Crippen molar-refractivity contribution >= 4 is 38.7 Å². The molecule has 1 N–H and O–H groups in total. The molecule has 2 aromatic rings. The molecule has 0 saturated heterocycles. The Labute approximate surface area is 86.1 Å². The molecule has 0 aliphatic heterocycles. The van der Waals surface area contributed by atoms with E-state index in [0.29, 0.717) is 11.2 Å². The van der Waals surface area contributed by atoms with Gasteiger partial charge >= 0.3 is 0 Å². The molecule has 2 heterocycles. The van der Waals surface area contributed by atoms with Crippen LogP contribution < -0.4 is 5.56 Å². The van der Waals surface area contributed by atoms with Crippen LogP contribution in [0.3, 0.4) is 0 Å². The molecule has 2 aromatic heterocycles. The molecule has 0 aliphatic rings. The molecule has 0 spiro atoms. The Kier molecular flexibility index (Phi) is 2.05. The van der Waals surface area contributed by atoms with Crippen molar-refractivity contribution in [3.63, 3.8) is 0 Å². The van der Waals surface area contributed by atoms with E-state index in [-0.39, 0.29) is 5.15 Å². The Balaban J connectivity index is 2.89. The molecule has 0 bridgehead atoms. The zero-order valence-corrected chi connectivity index (χ0v) is 8.56. The van der Waals surface area contributed by atoms with Crippen LogP contribution in [-0.4, -0.2) is 15.0 Å². The van der Waals surface area contributed by atoms with Gasteiger partial charge in [0.15, 0.2) is 10.8 Å². The van der Waals surface area contributed by atoms with Gasteiger partial charge in [0.1, 0.15) is 5.52 Å². The van der Waals surface area contributed by atoms with Gasteiger partial charge in [-0.1, -0.05) is 11.6 Å². The Morgan fingerprint density at radius 2 is 2.31 bits per heavy atom. The van der Waals surface area contributed by atoms with Crippen molar-refractivity contribution in [2.24, 2.45) is 0 Å². The highest BCUT2D eigenvalue weighted by Crippen LogP contribution is 2.13. The summed E-state index contributed by atoms with van der Waals surface area (Å²) in [5.74, 6) is 0. The van der Waals surface area contributed by atoms with Gasteiger partial charge in [0.05, 0.1) is 0 Å². The van der Waals surface area contributed by atoms with Crippen LogP contribution in [0.25, 0.3) is 11.2 Å². The number of nitrogens with one attached hydrogen (secondary N) is 1. The van der Waals surface area contributed by atoms with Crippen molar-refractivity contribution in [2.45, 2.75) is 0 Å². The second-order valence-corrected chi connectivity index (χ2v) is 3.65. The summed E-state index contributed by atoms with van der Waals surface area (Å²) in [4.78, 5) is 21.3. The van der Waals surface area contributed by atoms with Gasteiger partial charge in [-0.15, -0.1) is 0 Å². The lowest BCUT2D eigenvalue weighted by atomic mass is 10.4. The predicted molar refractivity (Wildman–Crippen MR) is 52.9 cm³/mol. The molecule has 0 saturated carbocycles. The first-order valence-electron chi connectivity index (χ1n) is 3.38. The van der Waals surface area contributed by atoms with Crippen LogP contribution in [0.4, 0.5) is 0 Å². The van der Waals surface area contributed by atoms with Gasteiger partial charge in [-0.25, -0.2) is 9.97 Å². The minimum absolute atomic E-state index is 0.0765. The minimum atomic E-state index is -0.427. The van der Waals surface area contributed by atoms with Crippen molar-refractivity contribution in [1.29, 1.82) is 0 Å². The Morgan fingerprint density at radius 1 is 1.54 bits per heavy atom. The molecule has 0 amide bonds. The summed E-state index contributed by atoms with van der Waals surface area (Å²) < 4.78 is 0.788. The SMILES string of the molecule is O=c1[nH]c2ncc(Br)cc2nc1Cl. The normalized spacial score (nSPS) is 10.6. The molecule has 66 valence electrons. The van der Waals surface area contributed by atoms with Gasteiger partial charge in [-0.05, 0) is 22.0 Å². The van der Waals surface area contributed by atoms with Gasteiger partial charge in [-0.3, -0.25) is 4.79 Å². The van der Waals surface area contributed by atoms with Crippen molar-refractivity contribution < 1.29 is 0 Å². The summed E-state index contributed by atoms with van der Waals surface area (Å²) in [5, 5.41) is -0.0765. The molecule has 2 rings (SSSR count). The lowest BCUT2D eigenvalue weighted by Crippen LogP contribution is -2.08. The summed E-state index contributed by atoms with van der Waals surface area (Å²) >= 11 is 8.78. The maximum Gasteiger partial charge on any atom is 0.287 e. The van der Waals surface area contributed by atoms with Gasteiger partial charge in [0.25, 0.3) is 5.56 Å². The lowest BCUT2D eigenvalue weighted by Gasteiger charge is -1.96. The van der Waals surface area contributed by atoms with Crippen LogP contribution in [0.5, 0.6) is 0 Å². The van der Waals surface area contributed by atoms with E-state index in [1.807, 2.05) is 0 Å². The largest absolute Gasteiger partial charge is 0.303 e.